The molecule has 3 N–H and O–H groups in total. The summed E-state index contributed by atoms with van der Waals surface area (Å²) in [5, 5.41) is 10.8. The molecule has 1 rings (SSSR count). The molecule has 0 fully saturated rings. The highest BCUT2D eigenvalue weighted by Gasteiger charge is 2.13. The molecular formula is C12H15N3O3S. The average molecular weight is 281 g/mol. The maximum atomic E-state index is 12.0. The number of amides is 1. The van der Waals surface area contributed by atoms with Crippen LogP contribution in [0.1, 0.15) is 6.42 Å². The van der Waals surface area contributed by atoms with Crippen molar-refractivity contribution in [2.45, 2.75) is 11.3 Å². The molecule has 1 aromatic carbocycles. The molecule has 102 valence electrons. The number of ether oxygens (including phenoxy) is 1. The summed E-state index contributed by atoms with van der Waals surface area (Å²) in [5.41, 5.74) is 6.07. The first-order valence-electron chi connectivity index (χ1n) is 5.54. The summed E-state index contributed by atoms with van der Waals surface area (Å²) in [7, 11) is -0.0494. The number of hydrogen-bond acceptors (Lipinski definition) is 5. The topological polar surface area (TPSA) is 105 Å². The lowest BCUT2D eigenvalue weighted by Gasteiger charge is -2.08. The maximum Gasteiger partial charge on any atom is 0.233 e. The molecule has 1 aromatic rings. The summed E-state index contributed by atoms with van der Waals surface area (Å²) in [6.45, 7) is 0.250. The van der Waals surface area contributed by atoms with Gasteiger partial charge in [-0.1, -0.05) is 0 Å². The van der Waals surface area contributed by atoms with Gasteiger partial charge in [0.2, 0.25) is 5.91 Å². The first kappa shape index (κ1) is 15.0. The second kappa shape index (κ2) is 7.38. The van der Waals surface area contributed by atoms with Gasteiger partial charge in [0, 0.05) is 12.2 Å². The van der Waals surface area contributed by atoms with E-state index in [0.717, 1.165) is 0 Å². The number of anilines is 1. The van der Waals surface area contributed by atoms with Crippen molar-refractivity contribution in [3.8, 4) is 11.8 Å². The molecule has 1 amide bonds. The van der Waals surface area contributed by atoms with Crippen molar-refractivity contribution in [3.63, 3.8) is 0 Å². The standard InChI is InChI=1S/C12H15N3O3S/c1-18-9-3-4-10(14)11(7-9)19(17)8-12(16)15-6-2-5-13/h3-4,7H,2,6,8,14H2,1H3,(H,15,16). The summed E-state index contributed by atoms with van der Waals surface area (Å²) < 4.78 is 17.0. The quantitative estimate of drug-likeness (QED) is 0.580. The van der Waals surface area contributed by atoms with E-state index in [2.05, 4.69) is 5.32 Å². The third-order valence-electron chi connectivity index (χ3n) is 2.29. The predicted octanol–water partition coefficient (Wildman–Crippen LogP) is 0.415. The van der Waals surface area contributed by atoms with Crippen LogP contribution in [0.15, 0.2) is 23.1 Å². The molecule has 1 unspecified atom stereocenters. The SMILES string of the molecule is COc1ccc(N)c(S(=O)CC(=O)NCCC#N)c1. The minimum absolute atomic E-state index is 0.192. The van der Waals surface area contributed by atoms with Crippen LogP contribution < -0.4 is 15.8 Å². The van der Waals surface area contributed by atoms with Gasteiger partial charge >= 0.3 is 0 Å². The first-order chi connectivity index (χ1) is 9.08. The van der Waals surface area contributed by atoms with Crippen LogP contribution in [0.5, 0.6) is 5.75 Å². The van der Waals surface area contributed by atoms with Crippen LogP contribution in [0.4, 0.5) is 5.69 Å². The van der Waals surface area contributed by atoms with E-state index in [1.807, 2.05) is 6.07 Å². The van der Waals surface area contributed by atoms with Gasteiger partial charge < -0.3 is 15.8 Å². The zero-order valence-corrected chi connectivity index (χ0v) is 11.3. The Morgan fingerprint density at radius 3 is 2.95 bits per heavy atom. The van der Waals surface area contributed by atoms with Crippen molar-refractivity contribution in [2.24, 2.45) is 0 Å². The molecular weight excluding hydrogens is 266 g/mol. The number of rotatable bonds is 6. The van der Waals surface area contributed by atoms with Crippen molar-refractivity contribution >= 4 is 22.4 Å². The predicted molar refractivity (Wildman–Crippen MR) is 71.9 cm³/mol. The van der Waals surface area contributed by atoms with E-state index in [-0.39, 0.29) is 24.6 Å². The minimum Gasteiger partial charge on any atom is -0.497 e. The molecule has 0 heterocycles. The summed E-state index contributed by atoms with van der Waals surface area (Å²) in [6, 6.07) is 6.69. The molecule has 0 aromatic heterocycles. The van der Waals surface area contributed by atoms with Gasteiger partial charge in [-0.3, -0.25) is 9.00 Å². The van der Waals surface area contributed by atoms with Gasteiger partial charge in [0.15, 0.2) is 0 Å². The molecule has 0 saturated heterocycles. The lowest BCUT2D eigenvalue weighted by Crippen LogP contribution is -2.29. The average Bonchev–Trinajstić information content (AvgIpc) is 2.39. The molecule has 19 heavy (non-hydrogen) atoms. The molecule has 1 atom stereocenters. The number of nitrogens with zero attached hydrogens (tertiary/aromatic N) is 1. The number of benzene rings is 1. The van der Waals surface area contributed by atoms with Crippen LogP contribution in [-0.2, 0) is 15.6 Å². The Balaban J connectivity index is 2.68. The first-order valence-corrected chi connectivity index (χ1v) is 6.86. The number of carbonyl (C=O) groups excluding carboxylic acids is 1. The molecule has 0 aliphatic heterocycles. The van der Waals surface area contributed by atoms with Gasteiger partial charge in [-0.15, -0.1) is 0 Å². The highest BCUT2D eigenvalue weighted by atomic mass is 32.2. The van der Waals surface area contributed by atoms with Gasteiger partial charge in [-0.05, 0) is 18.2 Å². The van der Waals surface area contributed by atoms with E-state index in [1.165, 1.54) is 7.11 Å². The second-order valence-corrected chi connectivity index (χ2v) is 5.07. The molecule has 6 nitrogen and oxygen atoms in total. The van der Waals surface area contributed by atoms with E-state index in [1.54, 1.807) is 18.2 Å². The lowest BCUT2D eigenvalue weighted by molar-refractivity contribution is -0.118. The third-order valence-corrected chi connectivity index (χ3v) is 3.66. The highest BCUT2D eigenvalue weighted by Crippen LogP contribution is 2.22. The third kappa shape index (κ3) is 4.60. The Morgan fingerprint density at radius 1 is 1.58 bits per heavy atom. The summed E-state index contributed by atoms with van der Waals surface area (Å²) in [4.78, 5) is 11.9. The van der Waals surface area contributed by atoms with Crippen molar-refractivity contribution in [1.82, 2.24) is 5.32 Å². The highest BCUT2D eigenvalue weighted by molar-refractivity contribution is 7.86. The van der Waals surface area contributed by atoms with E-state index < -0.39 is 10.8 Å². The summed E-state index contributed by atoms with van der Waals surface area (Å²) in [6.07, 6.45) is 0.222. The molecule has 0 aliphatic rings. The van der Waals surface area contributed by atoms with Crippen molar-refractivity contribution < 1.29 is 13.7 Å². The van der Waals surface area contributed by atoms with Crippen LogP contribution >= 0.6 is 0 Å². The number of nitrogens with one attached hydrogen (secondary N) is 1. The normalized spacial score (nSPS) is 11.4. The number of carbonyl (C=O) groups is 1. The van der Waals surface area contributed by atoms with Crippen LogP contribution in [-0.4, -0.2) is 29.5 Å². The number of nitrogen functional groups attached to an aromatic ring is 1. The van der Waals surface area contributed by atoms with E-state index >= 15 is 0 Å². The Labute approximate surface area is 114 Å². The monoisotopic (exact) mass is 281 g/mol. The number of methoxy groups -OCH3 is 1. The molecule has 0 saturated carbocycles. The molecule has 0 bridgehead atoms. The van der Waals surface area contributed by atoms with Gasteiger partial charge in [-0.2, -0.15) is 5.26 Å². The van der Waals surface area contributed by atoms with E-state index in [4.69, 9.17) is 15.7 Å². The fraction of sp³-hybridized carbons (Fsp3) is 0.333. The Hall–Kier alpha value is -2.07. The van der Waals surface area contributed by atoms with Crippen LogP contribution in [0.25, 0.3) is 0 Å². The van der Waals surface area contributed by atoms with Crippen molar-refractivity contribution in [1.29, 1.82) is 5.26 Å². The van der Waals surface area contributed by atoms with Crippen LogP contribution in [0, 0.1) is 11.3 Å². The fourth-order valence-corrected chi connectivity index (χ4v) is 2.42. The fourth-order valence-electron chi connectivity index (χ4n) is 1.34. The Morgan fingerprint density at radius 2 is 2.32 bits per heavy atom. The van der Waals surface area contributed by atoms with Gasteiger partial charge in [0.1, 0.15) is 11.5 Å². The van der Waals surface area contributed by atoms with E-state index in [9.17, 15) is 9.00 Å². The van der Waals surface area contributed by atoms with Crippen LogP contribution in [0.3, 0.4) is 0 Å². The zero-order valence-electron chi connectivity index (χ0n) is 10.5. The Bertz CT molecular complexity index is 525. The Kier molecular flexibility index (Phi) is 5.82. The number of hydrogen-bond donors (Lipinski definition) is 2. The lowest BCUT2D eigenvalue weighted by atomic mass is 10.3. The van der Waals surface area contributed by atoms with Gasteiger partial charge in [0.25, 0.3) is 0 Å². The minimum atomic E-state index is -1.54. The molecule has 0 aliphatic carbocycles. The van der Waals surface area contributed by atoms with Gasteiger partial charge in [0.05, 0.1) is 35.3 Å². The summed E-state index contributed by atoms with van der Waals surface area (Å²) in [5.74, 6) is -0.0405. The summed E-state index contributed by atoms with van der Waals surface area (Å²) >= 11 is 0. The van der Waals surface area contributed by atoms with Crippen molar-refractivity contribution in [3.05, 3.63) is 18.2 Å². The van der Waals surface area contributed by atoms with Crippen molar-refractivity contribution in [2.75, 3.05) is 25.1 Å². The largest absolute Gasteiger partial charge is 0.497 e. The number of nitrogens with two attached hydrogens (primary N) is 1. The number of nitriles is 1. The van der Waals surface area contributed by atoms with E-state index in [0.29, 0.717) is 16.3 Å². The molecule has 7 heteroatoms. The molecule has 0 radical (unpaired) electrons. The smallest absolute Gasteiger partial charge is 0.233 e. The molecule has 0 spiro atoms. The maximum absolute atomic E-state index is 12.0. The second-order valence-electron chi connectivity index (χ2n) is 3.65. The van der Waals surface area contributed by atoms with Gasteiger partial charge in [-0.25, -0.2) is 0 Å². The zero-order chi connectivity index (χ0) is 14.3. The van der Waals surface area contributed by atoms with Crippen LogP contribution in [0.2, 0.25) is 0 Å².